The Morgan fingerprint density at radius 1 is 1.11 bits per heavy atom. The molecule has 1 saturated heterocycles. The van der Waals surface area contributed by atoms with Crippen LogP contribution in [0.3, 0.4) is 0 Å². The predicted octanol–water partition coefficient (Wildman–Crippen LogP) is 1.09. The fourth-order valence-corrected chi connectivity index (χ4v) is 3.29. The smallest absolute Gasteiger partial charge is 0.244 e. The van der Waals surface area contributed by atoms with E-state index in [4.69, 9.17) is 5.21 Å². The highest BCUT2D eigenvalue weighted by atomic mass is 16.5. The molecule has 0 aromatic rings. The van der Waals surface area contributed by atoms with Crippen LogP contribution in [0.5, 0.6) is 0 Å². The molecule has 0 aromatic carbocycles. The van der Waals surface area contributed by atoms with Crippen molar-refractivity contribution in [3.63, 3.8) is 0 Å². The zero-order valence-corrected chi connectivity index (χ0v) is 16.7. The molecule has 0 aromatic heterocycles. The first-order valence-corrected chi connectivity index (χ1v) is 10.2. The van der Waals surface area contributed by atoms with E-state index in [1.54, 1.807) is 5.48 Å². The van der Waals surface area contributed by atoms with E-state index in [0.29, 0.717) is 19.4 Å². The summed E-state index contributed by atoms with van der Waals surface area (Å²) in [5, 5.41) is 17.9. The van der Waals surface area contributed by atoms with Crippen molar-refractivity contribution in [2.24, 2.45) is 11.8 Å². The Labute approximate surface area is 162 Å². The van der Waals surface area contributed by atoms with Crippen LogP contribution >= 0.6 is 0 Å². The SMILES string of the molecule is CC(C)CC(CC(=O)NO)C(=O)N[C@@H]1CCCCNCCCCCNC1=O. The summed E-state index contributed by atoms with van der Waals surface area (Å²) in [7, 11) is 0. The van der Waals surface area contributed by atoms with Crippen LogP contribution in [-0.4, -0.2) is 48.6 Å². The molecule has 1 fully saturated rings. The van der Waals surface area contributed by atoms with Crippen LogP contribution in [0.2, 0.25) is 0 Å². The van der Waals surface area contributed by atoms with Gasteiger partial charge in [-0.1, -0.05) is 20.3 Å². The van der Waals surface area contributed by atoms with Crippen molar-refractivity contribution in [3.05, 3.63) is 0 Å². The van der Waals surface area contributed by atoms with Gasteiger partial charge < -0.3 is 16.0 Å². The predicted molar refractivity (Wildman–Crippen MR) is 103 cm³/mol. The third-order valence-electron chi connectivity index (χ3n) is 4.74. The van der Waals surface area contributed by atoms with Gasteiger partial charge in [0.1, 0.15) is 6.04 Å². The fraction of sp³-hybridized carbons (Fsp3) is 0.842. The molecule has 5 N–H and O–H groups in total. The maximum Gasteiger partial charge on any atom is 0.244 e. The third-order valence-corrected chi connectivity index (χ3v) is 4.74. The molecule has 8 nitrogen and oxygen atoms in total. The molecular formula is C19H36N4O4. The summed E-state index contributed by atoms with van der Waals surface area (Å²) in [4.78, 5) is 36.7. The highest BCUT2D eigenvalue weighted by Gasteiger charge is 2.27. The molecule has 0 radical (unpaired) electrons. The van der Waals surface area contributed by atoms with Gasteiger partial charge in [-0.15, -0.1) is 0 Å². The number of carbonyl (C=O) groups excluding carboxylic acids is 3. The van der Waals surface area contributed by atoms with Crippen molar-refractivity contribution in [2.45, 2.75) is 71.3 Å². The molecule has 27 heavy (non-hydrogen) atoms. The number of hydrogen-bond acceptors (Lipinski definition) is 5. The second-order valence-corrected chi connectivity index (χ2v) is 7.72. The minimum absolute atomic E-state index is 0.0984. The van der Waals surface area contributed by atoms with E-state index >= 15 is 0 Å². The first kappa shape index (κ1) is 23.4. The van der Waals surface area contributed by atoms with Gasteiger partial charge in [0.15, 0.2) is 0 Å². The lowest BCUT2D eigenvalue weighted by molar-refractivity contribution is -0.136. The number of carbonyl (C=O) groups is 3. The summed E-state index contributed by atoms with van der Waals surface area (Å²) >= 11 is 0. The molecule has 1 aliphatic rings. The van der Waals surface area contributed by atoms with Gasteiger partial charge in [-0.3, -0.25) is 19.6 Å². The Morgan fingerprint density at radius 3 is 2.44 bits per heavy atom. The van der Waals surface area contributed by atoms with Crippen molar-refractivity contribution in [1.29, 1.82) is 0 Å². The van der Waals surface area contributed by atoms with E-state index in [1.807, 2.05) is 13.8 Å². The maximum atomic E-state index is 12.7. The molecule has 1 unspecified atom stereocenters. The normalized spacial score (nSPS) is 21.2. The van der Waals surface area contributed by atoms with Crippen molar-refractivity contribution in [3.8, 4) is 0 Å². The van der Waals surface area contributed by atoms with E-state index in [1.165, 1.54) is 0 Å². The molecule has 0 spiro atoms. The van der Waals surface area contributed by atoms with Crippen molar-refractivity contribution in [2.75, 3.05) is 19.6 Å². The van der Waals surface area contributed by atoms with Gasteiger partial charge in [0.25, 0.3) is 0 Å². The van der Waals surface area contributed by atoms with E-state index in [9.17, 15) is 14.4 Å². The zero-order valence-electron chi connectivity index (χ0n) is 16.7. The van der Waals surface area contributed by atoms with Gasteiger partial charge in [0, 0.05) is 18.9 Å². The quantitative estimate of drug-likeness (QED) is 0.347. The average molecular weight is 385 g/mol. The van der Waals surface area contributed by atoms with Crippen LogP contribution in [-0.2, 0) is 14.4 Å². The van der Waals surface area contributed by atoms with Crippen LogP contribution in [0.25, 0.3) is 0 Å². The van der Waals surface area contributed by atoms with Gasteiger partial charge in [-0.05, 0) is 57.5 Å². The van der Waals surface area contributed by atoms with E-state index in [0.717, 1.165) is 45.2 Å². The lowest BCUT2D eigenvalue weighted by Crippen LogP contribution is -2.49. The van der Waals surface area contributed by atoms with Gasteiger partial charge in [0.2, 0.25) is 17.7 Å². The molecule has 8 heteroatoms. The largest absolute Gasteiger partial charge is 0.354 e. The van der Waals surface area contributed by atoms with Crippen LogP contribution in [0.1, 0.15) is 65.2 Å². The van der Waals surface area contributed by atoms with E-state index < -0.39 is 17.9 Å². The van der Waals surface area contributed by atoms with Gasteiger partial charge >= 0.3 is 0 Å². The Kier molecular flexibility index (Phi) is 11.7. The van der Waals surface area contributed by atoms with Gasteiger partial charge in [0.05, 0.1) is 0 Å². The lowest BCUT2D eigenvalue weighted by Gasteiger charge is -2.23. The molecule has 0 aliphatic carbocycles. The van der Waals surface area contributed by atoms with Crippen LogP contribution in [0.15, 0.2) is 0 Å². The second-order valence-electron chi connectivity index (χ2n) is 7.72. The average Bonchev–Trinajstić information content (AvgIpc) is 2.64. The van der Waals surface area contributed by atoms with Gasteiger partial charge in [-0.25, -0.2) is 5.48 Å². The van der Waals surface area contributed by atoms with Crippen LogP contribution in [0.4, 0.5) is 0 Å². The van der Waals surface area contributed by atoms with Crippen molar-refractivity contribution < 1.29 is 19.6 Å². The first-order valence-electron chi connectivity index (χ1n) is 10.2. The highest BCUT2D eigenvalue weighted by molar-refractivity contribution is 5.90. The van der Waals surface area contributed by atoms with Crippen LogP contribution < -0.4 is 21.4 Å². The molecule has 1 rings (SSSR count). The Bertz CT molecular complexity index is 471. The zero-order chi connectivity index (χ0) is 20.1. The molecule has 1 aliphatic heterocycles. The summed E-state index contributed by atoms with van der Waals surface area (Å²) in [6.07, 6.45) is 5.83. The third kappa shape index (κ3) is 10.3. The number of hydroxylamine groups is 1. The Morgan fingerprint density at radius 2 is 1.78 bits per heavy atom. The highest BCUT2D eigenvalue weighted by Crippen LogP contribution is 2.17. The molecule has 156 valence electrons. The molecule has 1 heterocycles. The summed E-state index contributed by atoms with van der Waals surface area (Å²) in [6.45, 7) is 6.45. The van der Waals surface area contributed by atoms with Crippen molar-refractivity contribution >= 4 is 17.7 Å². The minimum atomic E-state index is -0.596. The standard InChI is InChI=1S/C19H36N4O4/c1-14(2)12-15(13-17(24)23-27)18(25)22-16-8-4-7-10-20-9-5-3-6-11-21-19(16)26/h14-16,20,27H,3-13H2,1-2H3,(H,21,26)(H,22,25)(H,23,24)/t15?,16-/m1/s1. The van der Waals surface area contributed by atoms with Gasteiger partial charge in [-0.2, -0.15) is 0 Å². The first-order chi connectivity index (χ1) is 12.9. The van der Waals surface area contributed by atoms with E-state index in [2.05, 4.69) is 16.0 Å². The monoisotopic (exact) mass is 384 g/mol. The Hall–Kier alpha value is -1.67. The molecule has 3 amide bonds. The summed E-state index contributed by atoms with van der Waals surface area (Å²) < 4.78 is 0. The number of rotatable bonds is 6. The lowest BCUT2D eigenvalue weighted by atomic mass is 9.92. The van der Waals surface area contributed by atoms with Crippen molar-refractivity contribution in [1.82, 2.24) is 21.4 Å². The summed E-state index contributed by atoms with van der Waals surface area (Å²) in [5.74, 6) is -1.43. The maximum absolute atomic E-state index is 12.7. The topological polar surface area (TPSA) is 120 Å². The number of hydrogen-bond donors (Lipinski definition) is 5. The molecular weight excluding hydrogens is 348 g/mol. The second kappa shape index (κ2) is 13.5. The molecule has 0 bridgehead atoms. The summed E-state index contributed by atoms with van der Waals surface area (Å²) in [5.41, 5.74) is 1.58. The molecule has 0 saturated carbocycles. The van der Waals surface area contributed by atoms with E-state index in [-0.39, 0.29) is 24.2 Å². The number of nitrogens with one attached hydrogen (secondary N) is 4. The fourth-order valence-electron chi connectivity index (χ4n) is 3.29. The number of amides is 3. The minimum Gasteiger partial charge on any atom is -0.354 e. The van der Waals surface area contributed by atoms with Crippen LogP contribution in [0, 0.1) is 11.8 Å². The molecule has 2 atom stereocenters. The Balaban J connectivity index is 2.71. The summed E-state index contributed by atoms with van der Waals surface area (Å²) in [6, 6.07) is -0.592.